The first-order valence-electron chi connectivity index (χ1n) is 9.25. The highest BCUT2D eigenvalue weighted by Crippen LogP contribution is 2.33. The van der Waals surface area contributed by atoms with Crippen LogP contribution in [0.3, 0.4) is 0 Å². The summed E-state index contributed by atoms with van der Waals surface area (Å²) in [7, 11) is 1.57. The number of thiophene rings is 1. The van der Waals surface area contributed by atoms with Crippen LogP contribution >= 0.6 is 11.3 Å². The number of aryl methyl sites for hydroxylation is 1. The highest BCUT2D eigenvalue weighted by atomic mass is 32.1. The molecule has 0 saturated heterocycles. The van der Waals surface area contributed by atoms with Crippen LogP contribution in [0.25, 0.3) is 21.3 Å². The molecule has 4 rings (SSSR count). The van der Waals surface area contributed by atoms with Gasteiger partial charge in [0.25, 0.3) is 0 Å². The lowest BCUT2D eigenvalue weighted by Gasteiger charge is -2.06. The number of H-pyrrole nitrogens is 1. The number of benzene rings is 1. The van der Waals surface area contributed by atoms with Gasteiger partial charge < -0.3 is 19.8 Å². The molecule has 3 heterocycles. The number of imidazole rings is 1. The van der Waals surface area contributed by atoms with Crippen molar-refractivity contribution in [3.8, 4) is 0 Å². The van der Waals surface area contributed by atoms with Crippen LogP contribution in [0.4, 0.5) is 5.82 Å². The second-order valence-corrected chi connectivity index (χ2v) is 7.46. The number of nitrogens with zero attached hydrogens (tertiary/aromatic N) is 3. The predicted molar refractivity (Wildman–Crippen MR) is 113 cm³/mol. The van der Waals surface area contributed by atoms with Crippen LogP contribution in [-0.2, 0) is 15.9 Å². The Hall–Kier alpha value is -3.04. The second kappa shape index (κ2) is 8.54. The van der Waals surface area contributed by atoms with Crippen molar-refractivity contribution in [3.05, 3.63) is 46.9 Å². The molecule has 0 saturated carbocycles. The molecule has 0 fully saturated rings. The smallest absolute Gasteiger partial charge is 0.348 e. The van der Waals surface area contributed by atoms with Crippen molar-refractivity contribution in [2.24, 2.45) is 0 Å². The van der Waals surface area contributed by atoms with Gasteiger partial charge in [-0.2, -0.15) is 0 Å². The average Bonchev–Trinajstić information content (AvgIpc) is 3.29. The molecule has 0 amide bonds. The summed E-state index contributed by atoms with van der Waals surface area (Å²) in [5.74, 6) is 1.25. The maximum atomic E-state index is 12.4. The lowest BCUT2D eigenvalue weighted by atomic mass is 10.2. The number of aromatic amines is 1. The molecule has 29 heavy (non-hydrogen) atoms. The minimum Gasteiger partial charge on any atom is -0.459 e. The molecule has 1 aromatic carbocycles. The van der Waals surface area contributed by atoms with Gasteiger partial charge in [-0.15, -0.1) is 11.3 Å². The van der Waals surface area contributed by atoms with E-state index in [1.54, 1.807) is 7.11 Å². The lowest BCUT2D eigenvalue weighted by Crippen LogP contribution is -2.10. The molecule has 0 spiro atoms. The summed E-state index contributed by atoms with van der Waals surface area (Å²) in [4.78, 5) is 30.2. The number of hydrogen-bond acceptors (Lipinski definition) is 8. The van der Waals surface area contributed by atoms with Crippen molar-refractivity contribution < 1.29 is 14.3 Å². The SMILES string of the molecule is COCCOC(=O)c1sc2ncnc(NCCc3nc4ccccc4[nH]3)c2c1C. The number of ether oxygens (including phenoxy) is 2. The molecule has 0 bridgehead atoms. The summed E-state index contributed by atoms with van der Waals surface area (Å²) < 4.78 is 10.2. The van der Waals surface area contributed by atoms with Crippen LogP contribution in [0, 0.1) is 6.92 Å². The summed E-state index contributed by atoms with van der Waals surface area (Å²) in [5.41, 5.74) is 2.80. The zero-order chi connectivity index (χ0) is 20.2. The molecule has 9 heteroatoms. The van der Waals surface area contributed by atoms with E-state index in [2.05, 4.69) is 25.3 Å². The van der Waals surface area contributed by atoms with E-state index in [0.717, 1.165) is 39.1 Å². The van der Waals surface area contributed by atoms with Crippen molar-refractivity contribution >= 4 is 44.4 Å². The van der Waals surface area contributed by atoms with E-state index in [1.807, 2.05) is 31.2 Å². The van der Waals surface area contributed by atoms with E-state index in [0.29, 0.717) is 23.8 Å². The van der Waals surface area contributed by atoms with Gasteiger partial charge in [-0.25, -0.2) is 19.7 Å². The summed E-state index contributed by atoms with van der Waals surface area (Å²) >= 11 is 1.31. The predicted octanol–water partition coefficient (Wildman–Crippen LogP) is 3.33. The van der Waals surface area contributed by atoms with Gasteiger partial charge in [0, 0.05) is 20.1 Å². The highest BCUT2D eigenvalue weighted by molar-refractivity contribution is 7.20. The van der Waals surface area contributed by atoms with E-state index in [1.165, 1.54) is 17.7 Å². The Morgan fingerprint density at radius 1 is 1.24 bits per heavy atom. The van der Waals surface area contributed by atoms with Gasteiger partial charge in [-0.05, 0) is 24.6 Å². The first kappa shape index (κ1) is 19.3. The first-order chi connectivity index (χ1) is 14.2. The first-order valence-corrected chi connectivity index (χ1v) is 10.1. The molecule has 0 unspecified atom stereocenters. The number of carbonyl (C=O) groups is 1. The lowest BCUT2D eigenvalue weighted by molar-refractivity contribution is 0.0393. The van der Waals surface area contributed by atoms with Gasteiger partial charge in [0.2, 0.25) is 0 Å². The molecule has 0 radical (unpaired) electrons. The molecule has 8 nitrogen and oxygen atoms in total. The van der Waals surface area contributed by atoms with E-state index in [9.17, 15) is 4.79 Å². The third kappa shape index (κ3) is 4.06. The number of carbonyl (C=O) groups excluding carboxylic acids is 1. The van der Waals surface area contributed by atoms with Crippen LogP contribution in [0.15, 0.2) is 30.6 Å². The van der Waals surface area contributed by atoms with Crippen LogP contribution in [0.5, 0.6) is 0 Å². The van der Waals surface area contributed by atoms with Gasteiger partial charge >= 0.3 is 5.97 Å². The summed E-state index contributed by atoms with van der Waals surface area (Å²) in [6, 6.07) is 7.95. The molecule has 150 valence electrons. The Balaban J connectivity index is 1.49. The zero-order valence-corrected chi connectivity index (χ0v) is 17.0. The van der Waals surface area contributed by atoms with Gasteiger partial charge in [0.1, 0.15) is 34.3 Å². The van der Waals surface area contributed by atoms with E-state index in [4.69, 9.17) is 9.47 Å². The summed E-state index contributed by atoms with van der Waals surface area (Å²) in [5, 5.41) is 4.20. The number of aromatic nitrogens is 4. The molecule has 2 N–H and O–H groups in total. The number of hydrogen-bond donors (Lipinski definition) is 2. The fraction of sp³-hybridized carbons (Fsp3) is 0.300. The van der Waals surface area contributed by atoms with Crippen molar-refractivity contribution in [2.45, 2.75) is 13.3 Å². The van der Waals surface area contributed by atoms with Crippen LogP contribution in [0.2, 0.25) is 0 Å². The zero-order valence-electron chi connectivity index (χ0n) is 16.2. The Bertz CT molecular complexity index is 1120. The quantitative estimate of drug-likeness (QED) is 0.339. The summed E-state index contributed by atoms with van der Waals surface area (Å²) in [6.07, 6.45) is 2.22. The molecule has 0 atom stereocenters. The second-order valence-electron chi connectivity index (χ2n) is 6.46. The van der Waals surface area contributed by atoms with Crippen molar-refractivity contribution in [1.29, 1.82) is 0 Å². The Morgan fingerprint density at radius 2 is 2.10 bits per heavy atom. The minimum atomic E-state index is -0.365. The fourth-order valence-corrected chi connectivity index (χ4v) is 4.15. The number of anilines is 1. The largest absolute Gasteiger partial charge is 0.459 e. The number of para-hydroxylation sites is 2. The van der Waals surface area contributed by atoms with Crippen molar-refractivity contribution in [3.63, 3.8) is 0 Å². The van der Waals surface area contributed by atoms with E-state index in [-0.39, 0.29) is 12.6 Å². The third-order valence-electron chi connectivity index (χ3n) is 4.53. The van der Waals surface area contributed by atoms with Gasteiger partial charge in [0.15, 0.2) is 0 Å². The standard InChI is InChI=1S/C20H21N5O3S/c1-12-16-18(21-8-7-15-24-13-5-3-4-6-14(13)25-15)22-11-23-19(16)29-17(12)20(26)28-10-9-27-2/h3-6,11H,7-10H2,1-2H3,(H,24,25)(H,21,22,23). The van der Waals surface area contributed by atoms with Gasteiger partial charge in [0.05, 0.1) is 23.0 Å². The van der Waals surface area contributed by atoms with Crippen LogP contribution < -0.4 is 5.32 Å². The molecule has 3 aromatic heterocycles. The third-order valence-corrected chi connectivity index (χ3v) is 5.71. The van der Waals surface area contributed by atoms with Crippen molar-refractivity contribution in [1.82, 2.24) is 19.9 Å². The number of esters is 1. The molecule has 4 aromatic rings. The molecular formula is C20H21N5O3S. The minimum absolute atomic E-state index is 0.220. The highest BCUT2D eigenvalue weighted by Gasteiger charge is 2.20. The van der Waals surface area contributed by atoms with E-state index >= 15 is 0 Å². The number of nitrogens with one attached hydrogen (secondary N) is 2. The number of rotatable bonds is 8. The normalized spacial score (nSPS) is 11.2. The number of fused-ring (bicyclic) bond motifs is 2. The molecule has 0 aliphatic rings. The molecule has 0 aliphatic carbocycles. The van der Waals surface area contributed by atoms with Gasteiger partial charge in [-0.3, -0.25) is 0 Å². The maximum Gasteiger partial charge on any atom is 0.348 e. The Morgan fingerprint density at radius 3 is 2.93 bits per heavy atom. The van der Waals surface area contributed by atoms with Crippen LogP contribution in [-0.4, -0.2) is 52.8 Å². The number of methoxy groups -OCH3 is 1. The van der Waals surface area contributed by atoms with Crippen LogP contribution in [0.1, 0.15) is 21.1 Å². The fourth-order valence-electron chi connectivity index (χ4n) is 3.11. The van der Waals surface area contributed by atoms with Gasteiger partial charge in [-0.1, -0.05) is 12.1 Å². The topological polar surface area (TPSA) is 102 Å². The average molecular weight is 411 g/mol. The molecular weight excluding hydrogens is 390 g/mol. The van der Waals surface area contributed by atoms with E-state index < -0.39 is 0 Å². The summed E-state index contributed by atoms with van der Waals surface area (Å²) in [6.45, 7) is 3.12. The Kier molecular flexibility index (Phi) is 5.68. The maximum absolute atomic E-state index is 12.4. The van der Waals surface area contributed by atoms with Crippen molar-refractivity contribution in [2.75, 3.05) is 32.2 Å². The molecule has 0 aliphatic heterocycles. The monoisotopic (exact) mass is 411 g/mol. The Labute approximate surface area is 171 Å².